The molecule has 0 aromatic rings. The standard InChI is InChI=1S/C14H28N2/c1-13(2)5-9-15-8-4-10-16-11-6-14(3)7-12-16/h5,14-15H,4,6-12H2,1-3H3. The second-order valence-electron chi connectivity index (χ2n) is 5.36. The Morgan fingerprint density at radius 1 is 1.31 bits per heavy atom. The van der Waals surface area contributed by atoms with Crippen molar-refractivity contribution in [3.05, 3.63) is 11.6 Å². The molecular weight excluding hydrogens is 196 g/mol. The average Bonchev–Trinajstić information content (AvgIpc) is 2.25. The molecule has 1 heterocycles. The zero-order valence-electron chi connectivity index (χ0n) is 11.3. The van der Waals surface area contributed by atoms with Crippen LogP contribution in [0, 0.1) is 5.92 Å². The van der Waals surface area contributed by atoms with Crippen molar-refractivity contribution in [2.24, 2.45) is 5.92 Å². The molecule has 2 nitrogen and oxygen atoms in total. The molecule has 0 aliphatic carbocycles. The van der Waals surface area contributed by atoms with Crippen molar-refractivity contribution >= 4 is 0 Å². The van der Waals surface area contributed by atoms with Gasteiger partial charge in [-0.25, -0.2) is 0 Å². The Bertz CT molecular complexity index is 199. The Morgan fingerprint density at radius 3 is 2.62 bits per heavy atom. The van der Waals surface area contributed by atoms with Crippen molar-refractivity contribution in [2.45, 2.75) is 40.0 Å². The van der Waals surface area contributed by atoms with E-state index in [1.54, 1.807) is 0 Å². The number of allylic oxidation sites excluding steroid dienone is 1. The van der Waals surface area contributed by atoms with Crippen LogP contribution in [0.1, 0.15) is 40.0 Å². The van der Waals surface area contributed by atoms with E-state index in [-0.39, 0.29) is 0 Å². The number of hydrogen-bond acceptors (Lipinski definition) is 2. The Kier molecular flexibility index (Phi) is 6.74. The van der Waals surface area contributed by atoms with Crippen molar-refractivity contribution in [1.82, 2.24) is 10.2 Å². The van der Waals surface area contributed by atoms with E-state index < -0.39 is 0 Å². The third-order valence-corrected chi connectivity index (χ3v) is 3.36. The lowest BCUT2D eigenvalue weighted by atomic mass is 9.99. The van der Waals surface area contributed by atoms with Crippen LogP contribution in [0.5, 0.6) is 0 Å². The summed E-state index contributed by atoms with van der Waals surface area (Å²) in [7, 11) is 0. The van der Waals surface area contributed by atoms with E-state index >= 15 is 0 Å². The largest absolute Gasteiger partial charge is 0.313 e. The lowest BCUT2D eigenvalue weighted by Gasteiger charge is -2.30. The smallest absolute Gasteiger partial charge is 0.0137 e. The minimum Gasteiger partial charge on any atom is -0.313 e. The van der Waals surface area contributed by atoms with Gasteiger partial charge in [0, 0.05) is 6.54 Å². The molecule has 16 heavy (non-hydrogen) atoms. The summed E-state index contributed by atoms with van der Waals surface area (Å²) in [6.07, 6.45) is 6.32. The normalized spacial score (nSPS) is 18.7. The number of likely N-dealkylation sites (tertiary alicyclic amines) is 1. The van der Waals surface area contributed by atoms with Crippen LogP contribution in [0.3, 0.4) is 0 Å². The van der Waals surface area contributed by atoms with Crippen LogP contribution in [-0.2, 0) is 0 Å². The molecule has 0 spiro atoms. The second kappa shape index (κ2) is 7.86. The summed E-state index contributed by atoms with van der Waals surface area (Å²) in [6.45, 7) is 12.7. The van der Waals surface area contributed by atoms with Crippen molar-refractivity contribution in [1.29, 1.82) is 0 Å². The van der Waals surface area contributed by atoms with Gasteiger partial charge in [0.2, 0.25) is 0 Å². The Morgan fingerprint density at radius 2 is 2.00 bits per heavy atom. The van der Waals surface area contributed by atoms with Gasteiger partial charge in [-0.3, -0.25) is 0 Å². The topological polar surface area (TPSA) is 15.3 Å². The molecular formula is C14H28N2. The first-order valence-corrected chi connectivity index (χ1v) is 6.75. The summed E-state index contributed by atoms with van der Waals surface area (Å²) in [5.74, 6) is 0.951. The van der Waals surface area contributed by atoms with Crippen molar-refractivity contribution in [3.8, 4) is 0 Å². The summed E-state index contributed by atoms with van der Waals surface area (Å²) < 4.78 is 0. The second-order valence-corrected chi connectivity index (χ2v) is 5.36. The van der Waals surface area contributed by atoms with Crippen LogP contribution < -0.4 is 5.32 Å². The molecule has 0 unspecified atom stereocenters. The minimum absolute atomic E-state index is 0.951. The number of rotatable bonds is 6. The molecule has 94 valence electrons. The van der Waals surface area contributed by atoms with Gasteiger partial charge < -0.3 is 10.2 Å². The average molecular weight is 224 g/mol. The van der Waals surface area contributed by atoms with Gasteiger partial charge >= 0.3 is 0 Å². The third kappa shape index (κ3) is 6.29. The van der Waals surface area contributed by atoms with Gasteiger partial charge in [0.15, 0.2) is 0 Å². The molecule has 0 amide bonds. The van der Waals surface area contributed by atoms with E-state index in [0.29, 0.717) is 0 Å². The van der Waals surface area contributed by atoms with Gasteiger partial charge in [-0.15, -0.1) is 0 Å². The fourth-order valence-electron chi connectivity index (χ4n) is 2.09. The zero-order chi connectivity index (χ0) is 11.8. The molecule has 1 rings (SSSR count). The predicted molar refractivity (Wildman–Crippen MR) is 71.8 cm³/mol. The third-order valence-electron chi connectivity index (χ3n) is 3.36. The maximum absolute atomic E-state index is 3.46. The maximum atomic E-state index is 3.46. The molecule has 0 atom stereocenters. The highest BCUT2D eigenvalue weighted by Gasteiger charge is 2.14. The van der Waals surface area contributed by atoms with E-state index in [2.05, 4.69) is 37.1 Å². The van der Waals surface area contributed by atoms with Crippen LogP contribution in [-0.4, -0.2) is 37.6 Å². The van der Waals surface area contributed by atoms with E-state index in [0.717, 1.165) is 19.0 Å². The monoisotopic (exact) mass is 224 g/mol. The first kappa shape index (κ1) is 13.7. The minimum atomic E-state index is 0.951. The quantitative estimate of drug-likeness (QED) is 0.551. The molecule has 2 heteroatoms. The predicted octanol–water partition coefficient (Wildman–Crippen LogP) is 2.66. The van der Waals surface area contributed by atoms with Crippen LogP contribution in [0.4, 0.5) is 0 Å². The molecule has 1 aliphatic heterocycles. The summed E-state index contributed by atoms with van der Waals surface area (Å²) in [5, 5.41) is 3.46. The van der Waals surface area contributed by atoms with Crippen LogP contribution in [0.2, 0.25) is 0 Å². The van der Waals surface area contributed by atoms with Crippen molar-refractivity contribution in [3.63, 3.8) is 0 Å². The van der Waals surface area contributed by atoms with Gasteiger partial charge in [0.25, 0.3) is 0 Å². The summed E-state index contributed by atoms with van der Waals surface area (Å²) >= 11 is 0. The highest BCUT2D eigenvalue weighted by molar-refractivity contribution is 4.94. The van der Waals surface area contributed by atoms with E-state index in [9.17, 15) is 0 Å². The molecule has 0 radical (unpaired) electrons. The molecule has 0 saturated carbocycles. The van der Waals surface area contributed by atoms with E-state index in [4.69, 9.17) is 0 Å². The first-order chi connectivity index (χ1) is 7.68. The fourth-order valence-corrected chi connectivity index (χ4v) is 2.09. The highest BCUT2D eigenvalue weighted by atomic mass is 15.1. The Labute approximate surface area is 101 Å². The fraction of sp³-hybridized carbons (Fsp3) is 0.857. The Hall–Kier alpha value is -0.340. The van der Waals surface area contributed by atoms with Gasteiger partial charge in [-0.2, -0.15) is 0 Å². The maximum Gasteiger partial charge on any atom is 0.0137 e. The van der Waals surface area contributed by atoms with Crippen molar-refractivity contribution in [2.75, 3.05) is 32.7 Å². The molecule has 0 aromatic heterocycles. The van der Waals surface area contributed by atoms with Crippen LogP contribution in [0.25, 0.3) is 0 Å². The van der Waals surface area contributed by atoms with E-state index in [1.807, 2.05) is 0 Å². The number of nitrogens with one attached hydrogen (secondary N) is 1. The van der Waals surface area contributed by atoms with Gasteiger partial charge in [0.1, 0.15) is 0 Å². The number of nitrogens with zero attached hydrogens (tertiary/aromatic N) is 1. The van der Waals surface area contributed by atoms with Gasteiger partial charge in [-0.1, -0.05) is 18.6 Å². The van der Waals surface area contributed by atoms with Crippen molar-refractivity contribution < 1.29 is 0 Å². The lowest BCUT2D eigenvalue weighted by Crippen LogP contribution is -2.34. The first-order valence-electron chi connectivity index (χ1n) is 6.75. The molecule has 1 aliphatic rings. The molecule has 0 aromatic carbocycles. The van der Waals surface area contributed by atoms with Gasteiger partial charge in [0.05, 0.1) is 0 Å². The molecule has 1 N–H and O–H groups in total. The molecule has 0 bridgehead atoms. The number of hydrogen-bond donors (Lipinski definition) is 1. The van der Waals surface area contributed by atoms with Crippen LogP contribution >= 0.6 is 0 Å². The molecule has 1 saturated heterocycles. The van der Waals surface area contributed by atoms with E-state index in [1.165, 1.54) is 44.5 Å². The Balaban J connectivity index is 1.93. The van der Waals surface area contributed by atoms with Gasteiger partial charge in [-0.05, 0) is 65.2 Å². The SMILES string of the molecule is CC(C)=CCNCCCN1CCC(C)CC1. The zero-order valence-corrected chi connectivity index (χ0v) is 11.3. The highest BCUT2D eigenvalue weighted by Crippen LogP contribution is 2.15. The lowest BCUT2D eigenvalue weighted by molar-refractivity contribution is 0.190. The summed E-state index contributed by atoms with van der Waals surface area (Å²) in [5.41, 5.74) is 1.40. The summed E-state index contributed by atoms with van der Waals surface area (Å²) in [4.78, 5) is 2.61. The number of piperidine rings is 1. The molecule has 1 fully saturated rings. The van der Waals surface area contributed by atoms with Crippen LogP contribution in [0.15, 0.2) is 11.6 Å². The summed E-state index contributed by atoms with van der Waals surface area (Å²) in [6, 6.07) is 0.